The summed E-state index contributed by atoms with van der Waals surface area (Å²) in [4.78, 5) is 0. The van der Waals surface area contributed by atoms with Crippen LogP contribution in [0.3, 0.4) is 0 Å². The molecule has 1 heteroatoms. The highest BCUT2D eigenvalue weighted by Crippen LogP contribution is 2.25. The van der Waals surface area contributed by atoms with E-state index in [1.54, 1.807) is 0 Å². The molecular weight excluding hydrogens is 228 g/mol. The average molecular weight is 251 g/mol. The average Bonchev–Trinajstić information content (AvgIpc) is 2.53. The molecule has 0 saturated carbocycles. The number of hydrogen-bond acceptors (Lipinski definition) is 0. The Kier molecular flexibility index (Phi) is 8.53. The van der Waals surface area contributed by atoms with Crippen molar-refractivity contribution in [1.82, 2.24) is 0 Å². The van der Waals surface area contributed by atoms with Crippen LogP contribution in [0.15, 0.2) is 58.7 Å². The van der Waals surface area contributed by atoms with Crippen LogP contribution in [0.4, 0.5) is 0 Å². The Morgan fingerprint density at radius 2 is 2.12 bits per heavy atom. The first-order valence-electron chi connectivity index (χ1n) is 6.24. The molecule has 0 unspecified atom stereocenters. The van der Waals surface area contributed by atoms with E-state index >= 15 is 0 Å². The maximum atomic E-state index is 5.99. The van der Waals surface area contributed by atoms with Crippen molar-refractivity contribution in [2.45, 2.75) is 40.5 Å². The number of allylic oxidation sites excluding steroid dienone is 9. The van der Waals surface area contributed by atoms with Gasteiger partial charge in [-0.25, -0.2) is 0 Å². The van der Waals surface area contributed by atoms with E-state index in [-0.39, 0.29) is 0 Å². The quantitative estimate of drug-likeness (QED) is 0.544. The van der Waals surface area contributed by atoms with Crippen LogP contribution in [-0.2, 0) is 0 Å². The molecule has 0 aromatic heterocycles. The first-order valence-corrected chi connectivity index (χ1v) is 6.62. The molecule has 0 heterocycles. The summed E-state index contributed by atoms with van der Waals surface area (Å²) in [6, 6.07) is 0. The third kappa shape index (κ3) is 5.74. The molecule has 0 bridgehead atoms. The van der Waals surface area contributed by atoms with Crippen LogP contribution in [0.1, 0.15) is 40.5 Å². The van der Waals surface area contributed by atoms with Crippen LogP contribution in [0, 0.1) is 0 Å². The summed E-state index contributed by atoms with van der Waals surface area (Å²) in [6.45, 7) is 12.0. The molecule has 0 spiro atoms. The Hall–Kier alpha value is -1.01. The predicted octanol–water partition coefficient (Wildman–Crippen LogP) is 5.93. The molecule has 0 saturated heterocycles. The Labute approximate surface area is 111 Å². The summed E-state index contributed by atoms with van der Waals surface area (Å²) >= 11 is 5.99. The second kappa shape index (κ2) is 9.07. The monoisotopic (exact) mass is 250 g/mol. The third-order valence-electron chi connectivity index (χ3n) is 2.31. The van der Waals surface area contributed by atoms with Gasteiger partial charge >= 0.3 is 0 Å². The van der Waals surface area contributed by atoms with Crippen molar-refractivity contribution in [3.05, 3.63) is 58.7 Å². The van der Waals surface area contributed by atoms with Gasteiger partial charge in [0.05, 0.1) is 0 Å². The van der Waals surface area contributed by atoms with Gasteiger partial charge in [-0.1, -0.05) is 74.9 Å². The fourth-order valence-electron chi connectivity index (χ4n) is 1.51. The van der Waals surface area contributed by atoms with E-state index in [0.29, 0.717) is 5.03 Å². The molecule has 0 nitrogen and oxygen atoms in total. The second-order valence-electron chi connectivity index (χ2n) is 3.67. The molecule has 0 aliphatic heterocycles. The summed E-state index contributed by atoms with van der Waals surface area (Å²) in [5.41, 5.74) is 3.58. The molecule has 0 N–H and O–H groups in total. The molecule has 0 fully saturated rings. The zero-order chi connectivity index (χ0) is 13.3. The molecule has 0 atom stereocenters. The zero-order valence-corrected chi connectivity index (χ0v) is 12.1. The lowest BCUT2D eigenvalue weighted by Crippen LogP contribution is -1.87. The molecule has 0 aromatic rings. The van der Waals surface area contributed by atoms with Crippen LogP contribution in [0.25, 0.3) is 0 Å². The first-order chi connectivity index (χ1) is 8.15. The summed E-state index contributed by atoms with van der Waals surface area (Å²) in [7, 11) is 0. The first kappa shape index (κ1) is 16.0. The van der Waals surface area contributed by atoms with Gasteiger partial charge in [0.2, 0.25) is 0 Å². The zero-order valence-electron chi connectivity index (χ0n) is 11.4. The van der Waals surface area contributed by atoms with Gasteiger partial charge in [-0.3, -0.25) is 0 Å². The Morgan fingerprint density at radius 3 is 2.65 bits per heavy atom. The Morgan fingerprint density at radius 1 is 1.47 bits per heavy atom. The van der Waals surface area contributed by atoms with Crippen molar-refractivity contribution >= 4 is 11.6 Å². The van der Waals surface area contributed by atoms with Gasteiger partial charge in [0.15, 0.2) is 0 Å². The van der Waals surface area contributed by atoms with Crippen LogP contribution in [0.5, 0.6) is 0 Å². The maximum Gasteiger partial charge on any atom is 0.0409 e. The molecule has 1 aliphatic rings. The maximum absolute atomic E-state index is 5.99. The van der Waals surface area contributed by atoms with Crippen LogP contribution < -0.4 is 0 Å². The van der Waals surface area contributed by atoms with E-state index in [1.807, 2.05) is 13.8 Å². The smallest absolute Gasteiger partial charge is 0.0409 e. The minimum Gasteiger partial charge on any atom is -0.0843 e. The topological polar surface area (TPSA) is 0 Å². The number of halogens is 1. The number of rotatable bonds is 3. The molecular formula is C16H23Cl. The summed E-state index contributed by atoms with van der Waals surface area (Å²) in [6.07, 6.45) is 12.6. The van der Waals surface area contributed by atoms with Gasteiger partial charge in [0, 0.05) is 5.03 Å². The lowest BCUT2D eigenvalue weighted by atomic mass is 10.0. The van der Waals surface area contributed by atoms with E-state index in [1.165, 1.54) is 11.1 Å². The van der Waals surface area contributed by atoms with Crippen LogP contribution in [0.2, 0.25) is 0 Å². The normalized spacial score (nSPS) is 15.2. The van der Waals surface area contributed by atoms with E-state index in [9.17, 15) is 0 Å². The fourth-order valence-corrected chi connectivity index (χ4v) is 1.70. The largest absolute Gasteiger partial charge is 0.0843 e. The van der Waals surface area contributed by atoms with Gasteiger partial charge < -0.3 is 0 Å². The van der Waals surface area contributed by atoms with Gasteiger partial charge in [0.1, 0.15) is 0 Å². The lowest BCUT2D eigenvalue weighted by molar-refractivity contribution is 1.18. The summed E-state index contributed by atoms with van der Waals surface area (Å²) in [5, 5.41) is 0.618. The Bertz CT molecular complexity index is 365. The molecule has 0 amide bonds. The van der Waals surface area contributed by atoms with Gasteiger partial charge in [-0.15, -0.1) is 0 Å². The highest BCUT2D eigenvalue weighted by molar-refractivity contribution is 6.32. The lowest BCUT2D eigenvalue weighted by Gasteiger charge is -2.06. The minimum atomic E-state index is 0.618. The van der Waals surface area contributed by atoms with Crippen LogP contribution >= 0.6 is 11.6 Å². The fraction of sp³-hybridized carbons (Fsp3) is 0.375. The Balaban J connectivity index is 0.00000121. The van der Waals surface area contributed by atoms with Crippen molar-refractivity contribution in [3.8, 4) is 0 Å². The van der Waals surface area contributed by atoms with Crippen molar-refractivity contribution in [3.63, 3.8) is 0 Å². The second-order valence-corrected chi connectivity index (χ2v) is 4.12. The van der Waals surface area contributed by atoms with Crippen molar-refractivity contribution < 1.29 is 0 Å². The SMILES string of the molecule is C=C(Cl)/C(=C\CC)C1=CCC(C)=CC=C1.CC. The summed E-state index contributed by atoms with van der Waals surface area (Å²) < 4.78 is 0. The molecule has 0 radical (unpaired) electrons. The van der Waals surface area contributed by atoms with Gasteiger partial charge in [0.25, 0.3) is 0 Å². The van der Waals surface area contributed by atoms with Crippen molar-refractivity contribution in [2.24, 2.45) is 0 Å². The molecule has 1 aliphatic carbocycles. The van der Waals surface area contributed by atoms with Crippen molar-refractivity contribution in [2.75, 3.05) is 0 Å². The molecule has 0 aromatic carbocycles. The van der Waals surface area contributed by atoms with E-state index in [4.69, 9.17) is 11.6 Å². The van der Waals surface area contributed by atoms with E-state index in [2.05, 4.69) is 50.8 Å². The highest BCUT2D eigenvalue weighted by atomic mass is 35.5. The van der Waals surface area contributed by atoms with Gasteiger partial charge in [-0.2, -0.15) is 0 Å². The third-order valence-corrected chi connectivity index (χ3v) is 2.52. The van der Waals surface area contributed by atoms with Gasteiger partial charge in [-0.05, 0) is 30.9 Å². The number of hydrogen-bond donors (Lipinski definition) is 0. The predicted molar refractivity (Wildman–Crippen MR) is 80.3 cm³/mol. The highest BCUT2D eigenvalue weighted by Gasteiger charge is 2.05. The minimum absolute atomic E-state index is 0.618. The standard InChI is InChI=1S/C14H17Cl.C2H6/c1-4-6-14(12(3)15)13-8-5-7-11(2)9-10-13;1-2/h5-8,10H,3-4,9H2,1-2H3;1-2H3/b14-6+;. The van der Waals surface area contributed by atoms with E-state index < -0.39 is 0 Å². The van der Waals surface area contributed by atoms with Crippen molar-refractivity contribution in [1.29, 1.82) is 0 Å². The van der Waals surface area contributed by atoms with Crippen LogP contribution in [-0.4, -0.2) is 0 Å². The molecule has 1 rings (SSSR count). The van der Waals surface area contributed by atoms with E-state index in [0.717, 1.165) is 18.4 Å². The summed E-state index contributed by atoms with van der Waals surface area (Å²) in [5.74, 6) is 0. The molecule has 17 heavy (non-hydrogen) atoms. The molecule has 94 valence electrons.